The Labute approximate surface area is 86.4 Å². The fourth-order valence-corrected chi connectivity index (χ4v) is 2.82. The van der Waals surface area contributed by atoms with Crippen LogP contribution in [0.15, 0.2) is 0 Å². The fraction of sp³-hybridized carbons (Fsp3) is 0.800. The van der Waals surface area contributed by atoms with Gasteiger partial charge in [0.2, 0.25) is 5.91 Å². The summed E-state index contributed by atoms with van der Waals surface area (Å²) in [7, 11) is 0. The maximum Gasteiger partial charge on any atom is 0.254 e. The SMILES string of the molecule is CC(=O)[C@@H]1[C@@H]2[C@H](CN1C(C)=O)CC2(F)F. The van der Waals surface area contributed by atoms with Gasteiger partial charge in [0.05, 0.1) is 12.0 Å². The van der Waals surface area contributed by atoms with Crippen molar-refractivity contribution < 1.29 is 18.4 Å². The zero-order valence-electron chi connectivity index (χ0n) is 8.67. The molecule has 84 valence electrons. The number of Topliss-reactive ketones (excluding diaryl/α,β-unsaturated/α-hetero) is 1. The number of rotatable bonds is 1. The first-order valence-corrected chi connectivity index (χ1v) is 5.00. The van der Waals surface area contributed by atoms with Gasteiger partial charge >= 0.3 is 0 Å². The lowest BCUT2D eigenvalue weighted by molar-refractivity contribution is -0.169. The quantitative estimate of drug-likeness (QED) is 0.659. The number of halogens is 2. The molecule has 3 atom stereocenters. The van der Waals surface area contributed by atoms with E-state index in [4.69, 9.17) is 0 Å². The molecule has 0 bridgehead atoms. The average molecular weight is 217 g/mol. The molecule has 2 rings (SSSR count). The molecule has 1 saturated heterocycles. The van der Waals surface area contributed by atoms with E-state index in [0.29, 0.717) is 6.54 Å². The Balaban J connectivity index is 2.27. The Bertz CT molecular complexity index is 329. The molecule has 15 heavy (non-hydrogen) atoms. The van der Waals surface area contributed by atoms with Gasteiger partial charge in [-0.1, -0.05) is 0 Å². The first-order valence-electron chi connectivity index (χ1n) is 5.00. The molecule has 0 aromatic carbocycles. The average Bonchev–Trinajstić information content (AvgIpc) is 2.39. The number of ketones is 1. The molecule has 1 saturated carbocycles. The standard InChI is InChI=1S/C10H13F2NO2/c1-5(14)9-8-7(3-10(8,11)12)4-13(9)6(2)15/h7-9H,3-4H2,1-2H3/t7-,8-,9+/m0/s1. The molecule has 1 aliphatic carbocycles. The molecule has 0 N–H and O–H groups in total. The number of nitrogens with zero attached hydrogens (tertiary/aromatic N) is 1. The zero-order chi connectivity index (χ0) is 11.4. The molecular formula is C10H13F2NO2. The zero-order valence-corrected chi connectivity index (χ0v) is 8.67. The third-order valence-electron chi connectivity index (χ3n) is 3.46. The fourth-order valence-electron chi connectivity index (χ4n) is 2.82. The summed E-state index contributed by atoms with van der Waals surface area (Å²) in [5.74, 6) is -4.54. The van der Waals surface area contributed by atoms with Gasteiger partial charge in [-0.15, -0.1) is 0 Å². The van der Waals surface area contributed by atoms with E-state index in [0.717, 1.165) is 0 Å². The van der Waals surface area contributed by atoms with E-state index in [2.05, 4.69) is 0 Å². The highest BCUT2D eigenvalue weighted by Crippen LogP contribution is 2.55. The monoisotopic (exact) mass is 217 g/mol. The van der Waals surface area contributed by atoms with Gasteiger partial charge in [-0.2, -0.15) is 0 Å². The number of amides is 1. The van der Waals surface area contributed by atoms with Crippen molar-refractivity contribution >= 4 is 11.7 Å². The Morgan fingerprint density at radius 2 is 1.93 bits per heavy atom. The molecule has 0 aromatic heterocycles. The summed E-state index contributed by atoms with van der Waals surface area (Å²) in [4.78, 5) is 23.8. The van der Waals surface area contributed by atoms with Crippen molar-refractivity contribution in [3.05, 3.63) is 0 Å². The third-order valence-corrected chi connectivity index (χ3v) is 3.46. The van der Waals surface area contributed by atoms with E-state index in [1.807, 2.05) is 0 Å². The van der Waals surface area contributed by atoms with Crippen LogP contribution in [0.1, 0.15) is 20.3 Å². The van der Waals surface area contributed by atoms with E-state index >= 15 is 0 Å². The van der Waals surface area contributed by atoms with E-state index < -0.39 is 17.9 Å². The van der Waals surface area contributed by atoms with Crippen LogP contribution < -0.4 is 0 Å². The van der Waals surface area contributed by atoms with Crippen LogP contribution in [0.4, 0.5) is 8.78 Å². The highest BCUT2D eigenvalue weighted by atomic mass is 19.3. The van der Waals surface area contributed by atoms with Crippen LogP contribution in [0.3, 0.4) is 0 Å². The van der Waals surface area contributed by atoms with Gasteiger partial charge in [0.25, 0.3) is 5.92 Å². The van der Waals surface area contributed by atoms with E-state index in [-0.39, 0.29) is 24.0 Å². The Kier molecular flexibility index (Phi) is 2.10. The Morgan fingerprint density at radius 3 is 2.33 bits per heavy atom. The molecule has 2 fully saturated rings. The van der Waals surface area contributed by atoms with Crippen molar-refractivity contribution in [2.75, 3.05) is 6.54 Å². The summed E-state index contributed by atoms with van der Waals surface area (Å²) in [6.45, 7) is 2.90. The summed E-state index contributed by atoms with van der Waals surface area (Å²) >= 11 is 0. The molecular weight excluding hydrogens is 204 g/mol. The first-order chi connectivity index (χ1) is 6.84. The largest absolute Gasteiger partial charge is 0.332 e. The van der Waals surface area contributed by atoms with Crippen LogP contribution >= 0.6 is 0 Å². The predicted octanol–water partition coefficient (Wildman–Crippen LogP) is 1.08. The van der Waals surface area contributed by atoms with Crippen LogP contribution in [-0.2, 0) is 9.59 Å². The number of hydrogen-bond acceptors (Lipinski definition) is 2. The van der Waals surface area contributed by atoms with Gasteiger partial charge in [-0.3, -0.25) is 9.59 Å². The van der Waals surface area contributed by atoms with Crippen LogP contribution in [-0.4, -0.2) is 35.1 Å². The normalized spacial score (nSPS) is 37.1. The molecule has 3 nitrogen and oxygen atoms in total. The second kappa shape index (κ2) is 3.00. The number of likely N-dealkylation sites (tertiary alicyclic amines) is 1. The molecule has 0 aromatic rings. The van der Waals surface area contributed by atoms with E-state index in [9.17, 15) is 18.4 Å². The molecule has 1 amide bonds. The van der Waals surface area contributed by atoms with E-state index in [1.165, 1.54) is 18.7 Å². The molecule has 1 heterocycles. The highest BCUT2D eigenvalue weighted by Gasteiger charge is 2.65. The lowest BCUT2D eigenvalue weighted by Gasteiger charge is -2.41. The summed E-state index contributed by atoms with van der Waals surface area (Å²) in [6.07, 6.45) is -0.189. The second-order valence-corrected chi connectivity index (χ2v) is 4.48. The summed E-state index contributed by atoms with van der Waals surface area (Å²) < 4.78 is 26.5. The topological polar surface area (TPSA) is 37.4 Å². The number of fused-ring (bicyclic) bond motifs is 1. The lowest BCUT2D eigenvalue weighted by Crippen LogP contribution is -2.53. The smallest absolute Gasteiger partial charge is 0.254 e. The minimum atomic E-state index is -2.77. The predicted molar refractivity (Wildman–Crippen MR) is 48.4 cm³/mol. The molecule has 1 aliphatic heterocycles. The minimum absolute atomic E-state index is 0.189. The Hall–Kier alpha value is -1.00. The third kappa shape index (κ3) is 1.36. The number of hydrogen-bond donors (Lipinski definition) is 0. The van der Waals surface area contributed by atoms with Gasteiger partial charge in [-0.25, -0.2) is 8.78 Å². The summed E-state index contributed by atoms with van der Waals surface area (Å²) in [5, 5.41) is 0. The van der Waals surface area contributed by atoms with Crippen molar-refractivity contribution in [2.24, 2.45) is 11.8 Å². The Morgan fingerprint density at radius 1 is 1.33 bits per heavy atom. The van der Waals surface area contributed by atoms with Crippen molar-refractivity contribution in [2.45, 2.75) is 32.2 Å². The van der Waals surface area contributed by atoms with Crippen LogP contribution in [0, 0.1) is 11.8 Å². The van der Waals surface area contributed by atoms with Crippen LogP contribution in [0.25, 0.3) is 0 Å². The highest BCUT2D eigenvalue weighted by molar-refractivity contribution is 5.88. The summed E-state index contributed by atoms with van der Waals surface area (Å²) in [6, 6.07) is -0.906. The van der Waals surface area contributed by atoms with Crippen molar-refractivity contribution in [1.82, 2.24) is 4.90 Å². The first kappa shape index (κ1) is 10.5. The van der Waals surface area contributed by atoms with Crippen molar-refractivity contribution in [1.29, 1.82) is 0 Å². The minimum Gasteiger partial charge on any atom is -0.332 e. The van der Waals surface area contributed by atoms with Crippen molar-refractivity contribution in [3.8, 4) is 0 Å². The molecule has 5 heteroatoms. The molecule has 0 radical (unpaired) electrons. The second-order valence-electron chi connectivity index (χ2n) is 4.48. The molecule has 0 spiro atoms. The van der Waals surface area contributed by atoms with E-state index in [1.54, 1.807) is 0 Å². The maximum absolute atomic E-state index is 13.3. The molecule has 2 aliphatic rings. The number of carbonyl (C=O) groups excluding carboxylic acids is 2. The number of alkyl halides is 2. The summed E-state index contributed by atoms with van der Waals surface area (Å²) in [5.41, 5.74) is 0. The van der Waals surface area contributed by atoms with Crippen LogP contribution in [0.5, 0.6) is 0 Å². The van der Waals surface area contributed by atoms with Gasteiger partial charge in [-0.05, 0) is 12.8 Å². The van der Waals surface area contributed by atoms with Gasteiger partial charge < -0.3 is 4.90 Å². The lowest BCUT2D eigenvalue weighted by atomic mass is 9.69. The van der Waals surface area contributed by atoms with Crippen molar-refractivity contribution in [3.63, 3.8) is 0 Å². The molecule has 0 unspecified atom stereocenters. The number of carbonyl (C=O) groups is 2. The maximum atomic E-state index is 13.3. The van der Waals surface area contributed by atoms with Gasteiger partial charge in [0.15, 0.2) is 5.78 Å². The van der Waals surface area contributed by atoms with Gasteiger partial charge in [0.1, 0.15) is 0 Å². The van der Waals surface area contributed by atoms with Crippen LogP contribution in [0.2, 0.25) is 0 Å². The van der Waals surface area contributed by atoms with Gasteiger partial charge in [0, 0.05) is 19.9 Å².